The van der Waals surface area contributed by atoms with Gasteiger partial charge in [-0.25, -0.2) is 19.2 Å². The van der Waals surface area contributed by atoms with Crippen molar-refractivity contribution in [1.82, 2.24) is 9.80 Å². The molecule has 83 heavy (non-hydrogen) atoms. The lowest BCUT2D eigenvalue weighted by molar-refractivity contribution is -0.134. The van der Waals surface area contributed by atoms with Crippen LogP contribution < -0.4 is 21.4 Å². The minimum absolute atomic E-state index is 0.0745. The van der Waals surface area contributed by atoms with Crippen LogP contribution in [-0.4, -0.2) is 89.7 Å². The maximum Gasteiger partial charge on any atom is 0.519 e. The van der Waals surface area contributed by atoms with Gasteiger partial charge in [-0.05, 0) is 169 Å². The van der Waals surface area contributed by atoms with E-state index in [1.165, 1.54) is 4.90 Å². The topological polar surface area (TPSA) is 232 Å². The lowest BCUT2D eigenvalue weighted by Crippen LogP contribution is -2.52. The van der Waals surface area contributed by atoms with E-state index >= 15 is 0 Å². The standard InChI is InChI=1S/C31H40N2O7S.C26H36N2O4S.C5H5BrO3/c1-19-10-12-21(13-11-19)27(34)33(23-9-7-8-16-32(6)28(23)35)24-17-22(14-15-31(3,4)5)41-26(24)29(36)38-18-25-20(2)39-30(37)40-25;1-17-9-11-18(12-10-17)23(29)28(20-8-6-7-15-27(5)24(20)30)21-16-19(13-14-26(2,3)4)33-22(21)25(31)32;1-3-4(2-6)9-5(7)8-3/h17,19,21,23H,7-13,16,18H2,1-6H3;16-18,20H,6-12,15H2,1-5H3,(H,31,32);2H2,1H3/t19?,21?,23-;17?,18?,20-;/m00./s1. The summed E-state index contributed by atoms with van der Waals surface area (Å²) in [7, 11) is 3.52. The number of carboxylic acid groups (broad SMARTS) is 1. The van der Waals surface area contributed by atoms with Crippen molar-refractivity contribution >= 4 is 85.5 Å². The molecule has 4 aromatic heterocycles. The average Bonchev–Trinajstić information content (AvgIpc) is 3.66. The molecule has 6 heterocycles. The number of halogens is 1. The number of thiophene rings is 2. The smallest absolute Gasteiger partial charge is 0.477 e. The Labute approximate surface area is 503 Å². The second kappa shape index (κ2) is 29.1. The molecule has 2 atom stereocenters. The zero-order valence-corrected chi connectivity index (χ0v) is 53.3. The number of likely N-dealkylation sites (tertiary alicyclic amines) is 2. The van der Waals surface area contributed by atoms with Gasteiger partial charge in [0.2, 0.25) is 23.6 Å². The number of nitrogens with zero attached hydrogens (tertiary/aromatic N) is 4. The summed E-state index contributed by atoms with van der Waals surface area (Å²) in [6.45, 7) is 20.5. The highest BCUT2D eigenvalue weighted by Gasteiger charge is 2.42. The van der Waals surface area contributed by atoms with Gasteiger partial charge in [0, 0.05) is 49.9 Å². The Bertz CT molecular complexity index is 3200. The number of rotatable bonds is 11. The number of carbonyl (C=O) groups is 6. The van der Waals surface area contributed by atoms with E-state index in [2.05, 4.69) is 62.3 Å². The summed E-state index contributed by atoms with van der Waals surface area (Å²) in [5.74, 6) is 10.9. The van der Waals surface area contributed by atoms with Gasteiger partial charge in [-0.3, -0.25) is 29.0 Å². The molecule has 2 aliphatic heterocycles. The highest BCUT2D eigenvalue weighted by atomic mass is 79.9. The molecule has 0 radical (unpaired) electrons. The van der Waals surface area contributed by atoms with Gasteiger partial charge in [0.15, 0.2) is 23.9 Å². The van der Waals surface area contributed by atoms with Crippen LogP contribution >= 0.6 is 38.6 Å². The number of likely N-dealkylation sites (N-methyl/N-ethyl adjacent to an activating group) is 2. The number of anilines is 2. The van der Waals surface area contributed by atoms with Crippen molar-refractivity contribution in [3.8, 4) is 23.7 Å². The number of amides is 4. The number of alkyl halides is 1. The zero-order valence-electron chi connectivity index (χ0n) is 50.1. The Hall–Kier alpha value is -6.16. The van der Waals surface area contributed by atoms with E-state index in [1.54, 1.807) is 54.8 Å². The molecule has 21 heteroatoms. The van der Waals surface area contributed by atoms with E-state index in [9.17, 15) is 43.5 Å². The van der Waals surface area contributed by atoms with Crippen LogP contribution in [0, 0.1) is 72.0 Å². The molecular formula is C62H81BrN4O14S2. The van der Waals surface area contributed by atoms with E-state index in [4.69, 9.17) is 13.6 Å². The quantitative estimate of drug-likeness (QED) is 0.0836. The van der Waals surface area contributed by atoms with Crippen LogP contribution in [0.4, 0.5) is 11.4 Å². The summed E-state index contributed by atoms with van der Waals surface area (Å²) in [5, 5.41) is 10.5. The highest BCUT2D eigenvalue weighted by molar-refractivity contribution is 9.08. The molecular weight excluding hydrogens is 1170 g/mol. The molecule has 2 aliphatic carbocycles. The number of carboxylic acids is 1. The first-order valence-corrected chi connectivity index (χ1v) is 31.5. The van der Waals surface area contributed by atoms with Gasteiger partial charge in [-0.1, -0.05) is 53.5 Å². The van der Waals surface area contributed by atoms with Crippen molar-refractivity contribution in [2.45, 2.75) is 183 Å². The maximum atomic E-state index is 14.3. The van der Waals surface area contributed by atoms with Crippen LogP contribution in [0.25, 0.3) is 0 Å². The minimum atomic E-state index is -1.09. The number of esters is 1. The zero-order chi connectivity index (χ0) is 61.1. The first-order valence-electron chi connectivity index (χ1n) is 28.7. The van der Waals surface area contributed by atoms with Gasteiger partial charge in [0.25, 0.3) is 0 Å². The number of aromatic carboxylic acids is 1. The van der Waals surface area contributed by atoms with Gasteiger partial charge in [-0.15, -0.1) is 22.7 Å². The molecule has 1 N–H and O–H groups in total. The van der Waals surface area contributed by atoms with Gasteiger partial charge in [-0.2, -0.15) is 0 Å². The van der Waals surface area contributed by atoms with Crippen LogP contribution in [0.2, 0.25) is 0 Å². The lowest BCUT2D eigenvalue weighted by atomic mass is 9.82. The minimum Gasteiger partial charge on any atom is -0.477 e. The van der Waals surface area contributed by atoms with Crippen LogP contribution in [0.1, 0.15) is 197 Å². The van der Waals surface area contributed by atoms with Crippen molar-refractivity contribution in [2.75, 3.05) is 37.0 Å². The van der Waals surface area contributed by atoms with Crippen molar-refractivity contribution < 1.29 is 56.3 Å². The number of hydrogen-bond acceptors (Lipinski definition) is 15. The molecule has 0 bridgehead atoms. The van der Waals surface area contributed by atoms with E-state index < -0.39 is 35.7 Å². The molecule has 0 aromatic carbocycles. The number of ether oxygens (including phenoxy) is 1. The summed E-state index contributed by atoms with van der Waals surface area (Å²) in [4.78, 5) is 111. The number of hydrogen-bond donors (Lipinski definition) is 1. The summed E-state index contributed by atoms with van der Waals surface area (Å²) in [6.07, 6.45) is 11.2. The predicted octanol–water partition coefficient (Wildman–Crippen LogP) is 12.0. The third-order valence-electron chi connectivity index (χ3n) is 15.2. The number of carbonyl (C=O) groups excluding carboxylic acids is 5. The van der Waals surface area contributed by atoms with Gasteiger partial charge in [0.1, 0.15) is 27.6 Å². The molecule has 8 rings (SSSR count). The Morgan fingerprint density at radius 1 is 0.627 bits per heavy atom. The maximum absolute atomic E-state index is 14.3. The molecule has 4 aromatic rings. The Morgan fingerprint density at radius 3 is 1.39 bits per heavy atom. The predicted molar refractivity (Wildman–Crippen MR) is 322 cm³/mol. The van der Waals surface area contributed by atoms with Gasteiger partial charge < -0.3 is 37.3 Å². The van der Waals surface area contributed by atoms with Crippen molar-refractivity contribution in [3.05, 3.63) is 75.9 Å². The monoisotopic (exact) mass is 1250 g/mol. The highest BCUT2D eigenvalue weighted by Crippen LogP contribution is 2.40. The lowest BCUT2D eigenvalue weighted by Gasteiger charge is -2.36. The van der Waals surface area contributed by atoms with E-state index in [0.717, 1.165) is 99.7 Å². The van der Waals surface area contributed by atoms with Gasteiger partial charge in [0.05, 0.1) is 26.5 Å². The van der Waals surface area contributed by atoms with Crippen LogP contribution in [-0.2, 0) is 35.9 Å². The third-order valence-corrected chi connectivity index (χ3v) is 17.7. The molecule has 18 nitrogen and oxygen atoms in total. The fourth-order valence-corrected chi connectivity index (χ4v) is 12.6. The summed E-state index contributed by atoms with van der Waals surface area (Å²) < 4.78 is 24.6. The van der Waals surface area contributed by atoms with Gasteiger partial charge >= 0.3 is 23.6 Å². The van der Waals surface area contributed by atoms with Crippen molar-refractivity contribution in [3.63, 3.8) is 0 Å². The fraction of sp³-hybridized carbons (Fsp3) is 0.613. The molecule has 4 amide bonds. The number of aryl methyl sites for hydroxylation is 2. The average molecular weight is 1250 g/mol. The molecule has 452 valence electrons. The summed E-state index contributed by atoms with van der Waals surface area (Å²) in [6, 6.07) is 2.03. The summed E-state index contributed by atoms with van der Waals surface area (Å²) >= 11 is 5.34. The third kappa shape index (κ3) is 18.2. The molecule has 4 aliphatic rings. The van der Waals surface area contributed by atoms with Crippen molar-refractivity contribution in [2.24, 2.45) is 34.5 Å². The SMILES string of the molecule is CC1CCC(C(=O)N(c2cc(C#CC(C)(C)C)sc2C(=O)O)[C@H]2CCCCN(C)C2=O)CC1.Cc1oc(=O)oc1CBr.Cc1oc(=O)oc1COC(=O)c1sc(C#CC(C)(C)C)cc1N(C(=O)C1CCC(C)CC1)[C@H]1CCCCN(C)C1=O. The van der Waals surface area contributed by atoms with E-state index in [0.29, 0.717) is 75.7 Å². The van der Waals surface area contributed by atoms with Crippen LogP contribution in [0.5, 0.6) is 0 Å². The van der Waals surface area contributed by atoms with Crippen LogP contribution in [0.15, 0.2) is 39.4 Å². The van der Waals surface area contributed by atoms with Crippen LogP contribution in [0.3, 0.4) is 0 Å². The normalized spacial score (nSPS) is 21.3. The Balaban J connectivity index is 0.000000235. The second-order valence-electron chi connectivity index (χ2n) is 24.4. The van der Waals surface area contributed by atoms with E-state index in [1.807, 2.05) is 41.5 Å². The summed E-state index contributed by atoms with van der Waals surface area (Å²) in [5.41, 5.74) is 0.154. The molecule has 4 fully saturated rings. The molecule has 0 unspecified atom stereocenters. The molecule has 2 saturated heterocycles. The Morgan fingerprint density at radius 2 is 1.02 bits per heavy atom. The molecule has 0 spiro atoms. The second-order valence-corrected chi connectivity index (χ2v) is 27.1. The first kappa shape index (κ1) is 66.0. The van der Waals surface area contributed by atoms with E-state index in [-0.39, 0.29) is 74.2 Å². The first-order chi connectivity index (χ1) is 39.0. The Kier molecular flexibility index (Phi) is 23.1. The largest absolute Gasteiger partial charge is 0.519 e. The molecule has 2 saturated carbocycles. The van der Waals surface area contributed by atoms with Crippen molar-refractivity contribution in [1.29, 1.82) is 0 Å². The fourth-order valence-electron chi connectivity index (χ4n) is 10.4.